The zero-order valence-electron chi connectivity index (χ0n) is 6.21. The molecule has 2 heterocycles. The van der Waals surface area contributed by atoms with Gasteiger partial charge in [0.25, 0.3) is 0 Å². The maximum absolute atomic E-state index is 3.78. The zero-order valence-corrected chi connectivity index (χ0v) is 6.21. The van der Waals surface area contributed by atoms with Crippen LogP contribution in [-0.2, 0) is 0 Å². The number of hydrogen-bond acceptors (Lipinski definition) is 2. The second-order valence-electron chi connectivity index (χ2n) is 3.27. The average molecular weight is 138 g/mol. The molecule has 1 N–H and O–H groups in total. The number of hydrogen-bond donors (Lipinski definition) is 1. The minimum Gasteiger partial charge on any atom is -0.375 e. The van der Waals surface area contributed by atoms with E-state index in [1.807, 2.05) is 6.20 Å². The standard InChI is InChI=1S/C8H14N2/c1-2-10-5-7-3-4-8(6-10)9-7/h2,7-9H,1,3-6H2. The Kier molecular flexibility index (Phi) is 1.42. The third-order valence-electron chi connectivity index (χ3n) is 2.50. The molecule has 2 fully saturated rings. The van der Waals surface area contributed by atoms with E-state index in [9.17, 15) is 0 Å². The van der Waals surface area contributed by atoms with Crippen molar-refractivity contribution in [2.75, 3.05) is 13.1 Å². The van der Waals surface area contributed by atoms with E-state index < -0.39 is 0 Å². The second kappa shape index (κ2) is 2.27. The Bertz CT molecular complexity index is 132. The predicted octanol–water partition coefficient (Wildman–Crippen LogP) is 0.566. The second-order valence-corrected chi connectivity index (χ2v) is 3.27. The third kappa shape index (κ3) is 0.926. The fourth-order valence-corrected chi connectivity index (χ4v) is 1.98. The van der Waals surface area contributed by atoms with Gasteiger partial charge in [0, 0.05) is 25.2 Å². The first kappa shape index (κ1) is 6.23. The largest absolute Gasteiger partial charge is 0.375 e. The summed E-state index contributed by atoms with van der Waals surface area (Å²) < 4.78 is 0. The lowest BCUT2D eigenvalue weighted by atomic mass is 10.2. The first-order chi connectivity index (χ1) is 4.88. The van der Waals surface area contributed by atoms with E-state index in [2.05, 4.69) is 16.8 Å². The highest BCUT2D eigenvalue weighted by Crippen LogP contribution is 2.19. The predicted molar refractivity (Wildman–Crippen MR) is 41.7 cm³/mol. The third-order valence-corrected chi connectivity index (χ3v) is 2.50. The Hall–Kier alpha value is -0.500. The van der Waals surface area contributed by atoms with Crippen LogP contribution in [0.25, 0.3) is 0 Å². The average Bonchev–Trinajstić information content (AvgIpc) is 2.30. The van der Waals surface area contributed by atoms with Gasteiger partial charge in [-0.15, -0.1) is 0 Å². The molecule has 2 bridgehead atoms. The van der Waals surface area contributed by atoms with Gasteiger partial charge in [0.1, 0.15) is 0 Å². The highest BCUT2D eigenvalue weighted by molar-refractivity contribution is 4.95. The highest BCUT2D eigenvalue weighted by Gasteiger charge is 2.30. The van der Waals surface area contributed by atoms with E-state index in [0.29, 0.717) is 0 Å². The molecule has 0 saturated carbocycles. The van der Waals surface area contributed by atoms with E-state index in [0.717, 1.165) is 12.1 Å². The van der Waals surface area contributed by atoms with Crippen LogP contribution < -0.4 is 5.32 Å². The van der Waals surface area contributed by atoms with Crippen molar-refractivity contribution in [3.05, 3.63) is 12.8 Å². The lowest BCUT2D eigenvalue weighted by Crippen LogP contribution is -2.48. The summed E-state index contributed by atoms with van der Waals surface area (Å²) in [5.74, 6) is 0. The van der Waals surface area contributed by atoms with Crippen molar-refractivity contribution in [3.8, 4) is 0 Å². The zero-order chi connectivity index (χ0) is 6.97. The molecule has 0 aromatic heterocycles. The van der Waals surface area contributed by atoms with Gasteiger partial charge < -0.3 is 10.2 Å². The number of fused-ring (bicyclic) bond motifs is 2. The summed E-state index contributed by atoms with van der Waals surface area (Å²) in [6.45, 7) is 6.11. The molecule has 2 nitrogen and oxygen atoms in total. The van der Waals surface area contributed by atoms with Crippen molar-refractivity contribution in [2.24, 2.45) is 0 Å². The highest BCUT2D eigenvalue weighted by atomic mass is 15.2. The minimum absolute atomic E-state index is 0.747. The van der Waals surface area contributed by atoms with Crippen molar-refractivity contribution >= 4 is 0 Å². The van der Waals surface area contributed by atoms with Gasteiger partial charge in [0.2, 0.25) is 0 Å². The van der Waals surface area contributed by atoms with Gasteiger partial charge in [-0.3, -0.25) is 0 Å². The molecule has 2 saturated heterocycles. The molecular weight excluding hydrogens is 124 g/mol. The summed E-state index contributed by atoms with van der Waals surface area (Å²) in [7, 11) is 0. The van der Waals surface area contributed by atoms with Crippen LogP contribution in [0.1, 0.15) is 12.8 Å². The Morgan fingerprint density at radius 3 is 2.40 bits per heavy atom. The van der Waals surface area contributed by atoms with Crippen molar-refractivity contribution in [3.63, 3.8) is 0 Å². The van der Waals surface area contributed by atoms with Crippen molar-refractivity contribution in [2.45, 2.75) is 24.9 Å². The lowest BCUT2D eigenvalue weighted by molar-refractivity contribution is 0.263. The number of rotatable bonds is 1. The van der Waals surface area contributed by atoms with Gasteiger partial charge in [-0.1, -0.05) is 6.58 Å². The fraction of sp³-hybridized carbons (Fsp3) is 0.750. The van der Waals surface area contributed by atoms with Crippen LogP contribution in [0.4, 0.5) is 0 Å². The van der Waals surface area contributed by atoms with Crippen molar-refractivity contribution < 1.29 is 0 Å². The van der Waals surface area contributed by atoms with Gasteiger partial charge in [0.15, 0.2) is 0 Å². The first-order valence-corrected chi connectivity index (χ1v) is 4.01. The summed E-state index contributed by atoms with van der Waals surface area (Å²) in [5.41, 5.74) is 0. The summed E-state index contributed by atoms with van der Waals surface area (Å²) in [6.07, 6.45) is 4.68. The lowest BCUT2D eigenvalue weighted by Gasteiger charge is -2.31. The Labute approximate surface area is 61.9 Å². The molecule has 0 amide bonds. The number of nitrogens with one attached hydrogen (secondary N) is 1. The van der Waals surface area contributed by atoms with E-state index in [-0.39, 0.29) is 0 Å². The molecule has 0 aromatic carbocycles. The molecule has 0 aromatic rings. The van der Waals surface area contributed by atoms with Crippen molar-refractivity contribution in [1.29, 1.82) is 0 Å². The number of piperazine rings is 1. The molecule has 10 heavy (non-hydrogen) atoms. The summed E-state index contributed by atoms with van der Waals surface area (Å²) in [5, 5.41) is 3.57. The summed E-state index contributed by atoms with van der Waals surface area (Å²) in [4.78, 5) is 2.32. The first-order valence-electron chi connectivity index (χ1n) is 4.01. The molecule has 2 heteroatoms. The van der Waals surface area contributed by atoms with Gasteiger partial charge in [-0.05, 0) is 19.0 Å². The molecule has 2 unspecified atom stereocenters. The summed E-state index contributed by atoms with van der Waals surface area (Å²) in [6, 6.07) is 1.49. The molecule has 2 atom stereocenters. The summed E-state index contributed by atoms with van der Waals surface area (Å²) >= 11 is 0. The van der Waals surface area contributed by atoms with Crippen molar-refractivity contribution in [1.82, 2.24) is 10.2 Å². The Morgan fingerprint density at radius 1 is 1.30 bits per heavy atom. The molecule has 2 aliphatic heterocycles. The number of likely N-dealkylation sites (tertiary alicyclic amines) is 1. The smallest absolute Gasteiger partial charge is 0.0327 e. The molecule has 0 radical (unpaired) electrons. The molecule has 0 aliphatic carbocycles. The topological polar surface area (TPSA) is 15.3 Å². The van der Waals surface area contributed by atoms with Crippen LogP contribution in [0.3, 0.4) is 0 Å². The van der Waals surface area contributed by atoms with Crippen LogP contribution in [0.15, 0.2) is 12.8 Å². The van der Waals surface area contributed by atoms with Crippen LogP contribution in [-0.4, -0.2) is 30.1 Å². The van der Waals surface area contributed by atoms with E-state index in [1.54, 1.807) is 0 Å². The van der Waals surface area contributed by atoms with Gasteiger partial charge in [-0.25, -0.2) is 0 Å². The van der Waals surface area contributed by atoms with Crippen LogP contribution >= 0.6 is 0 Å². The number of nitrogens with zero attached hydrogens (tertiary/aromatic N) is 1. The van der Waals surface area contributed by atoms with E-state index in [4.69, 9.17) is 0 Å². The normalized spacial score (nSPS) is 38.2. The monoisotopic (exact) mass is 138 g/mol. The maximum Gasteiger partial charge on any atom is 0.0327 e. The van der Waals surface area contributed by atoms with E-state index in [1.165, 1.54) is 25.9 Å². The van der Waals surface area contributed by atoms with E-state index >= 15 is 0 Å². The Balaban J connectivity index is 2.02. The van der Waals surface area contributed by atoms with Crippen LogP contribution in [0, 0.1) is 0 Å². The molecule has 0 spiro atoms. The Morgan fingerprint density at radius 2 is 1.90 bits per heavy atom. The molecule has 2 rings (SSSR count). The quantitative estimate of drug-likeness (QED) is 0.569. The minimum atomic E-state index is 0.747. The van der Waals surface area contributed by atoms with Crippen LogP contribution in [0.5, 0.6) is 0 Å². The fourth-order valence-electron chi connectivity index (χ4n) is 1.98. The molecule has 56 valence electrons. The van der Waals surface area contributed by atoms with Crippen LogP contribution in [0.2, 0.25) is 0 Å². The maximum atomic E-state index is 3.78. The molecular formula is C8H14N2. The molecule has 2 aliphatic rings. The van der Waals surface area contributed by atoms with Gasteiger partial charge >= 0.3 is 0 Å². The SMILES string of the molecule is C=CN1CC2CCC(C1)N2. The van der Waals surface area contributed by atoms with Gasteiger partial charge in [0.05, 0.1) is 0 Å². The van der Waals surface area contributed by atoms with Gasteiger partial charge in [-0.2, -0.15) is 0 Å².